The summed E-state index contributed by atoms with van der Waals surface area (Å²) in [6, 6.07) is 68.4. The largest absolute Gasteiger partial charge is 0.309 e. The summed E-state index contributed by atoms with van der Waals surface area (Å²) in [5, 5.41) is 18.2. The Morgan fingerprint density at radius 1 is 0.344 bits per heavy atom. The van der Waals surface area contributed by atoms with Crippen molar-refractivity contribution < 1.29 is 0 Å². The lowest BCUT2D eigenvalue weighted by atomic mass is 9.80. The number of allylic oxidation sites excluding steroid dienone is 3. The third-order valence-corrected chi connectivity index (χ3v) is 13.9. The molecule has 0 bridgehead atoms. The number of rotatable bonds is 3. The molecule has 2 aliphatic carbocycles. The fourth-order valence-corrected chi connectivity index (χ4v) is 11.4. The Morgan fingerprint density at radius 2 is 0.918 bits per heavy atom. The number of para-hydroxylation sites is 1. The van der Waals surface area contributed by atoms with Crippen molar-refractivity contribution in [2.45, 2.75) is 12.8 Å². The molecule has 11 aromatic carbocycles. The Hall–Kier alpha value is -7.74. The highest BCUT2D eigenvalue weighted by molar-refractivity contribution is 6.32. The van der Waals surface area contributed by atoms with Gasteiger partial charge in [0.05, 0.1) is 11.0 Å². The Labute approximate surface area is 352 Å². The number of nitrogens with zero attached hydrogens (tertiary/aromatic N) is 1. The Kier molecular flexibility index (Phi) is 6.73. The molecular formula is C60H37N. The van der Waals surface area contributed by atoms with Gasteiger partial charge in [-0.3, -0.25) is 0 Å². The van der Waals surface area contributed by atoms with E-state index >= 15 is 0 Å². The molecule has 0 saturated heterocycles. The van der Waals surface area contributed by atoms with Crippen LogP contribution in [0.2, 0.25) is 0 Å². The standard InChI is InChI=1S/C60H37N/c1-3-14-36(15-4-1)57-45-22-9-11-24-47(45)58(48-25-12-10-23-46(48)57)39-29-30-44-50(32-39)42-20-7-8-21-43(42)51-34-53-54(35-52(44)51)61(41-18-5-2-6-19-41)55-33-40-27-26-37-16-13-17-38-28-31-49(60(53)55)59(40)56(37)38/h1-15,17-26,28-35H,16,27H2. The van der Waals surface area contributed by atoms with Crippen molar-refractivity contribution >= 4 is 98.1 Å². The van der Waals surface area contributed by atoms with Crippen LogP contribution in [0.1, 0.15) is 23.1 Å². The van der Waals surface area contributed by atoms with Gasteiger partial charge >= 0.3 is 0 Å². The van der Waals surface area contributed by atoms with E-state index in [-0.39, 0.29) is 0 Å². The average Bonchev–Trinajstić information content (AvgIpc) is 3.65. The Bertz CT molecular complexity index is 3900. The lowest BCUT2D eigenvalue weighted by Crippen LogP contribution is -2.04. The van der Waals surface area contributed by atoms with Gasteiger partial charge < -0.3 is 4.57 Å². The lowest BCUT2D eigenvalue weighted by Gasteiger charge is -2.24. The maximum Gasteiger partial charge on any atom is 0.0550 e. The molecule has 1 heteroatoms. The monoisotopic (exact) mass is 771 g/mol. The number of aromatic nitrogens is 1. The fraction of sp³-hybridized carbons (Fsp3) is 0.0333. The van der Waals surface area contributed by atoms with E-state index in [0.29, 0.717) is 0 Å². The van der Waals surface area contributed by atoms with Gasteiger partial charge in [-0.1, -0.05) is 164 Å². The van der Waals surface area contributed by atoms with Crippen LogP contribution in [0.25, 0.3) is 126 Å². The summed E-state index contributed by atoms with van der Waals surface area (Å²) in [6.45, 7) is 0. The second kappa shape index (κ2) is 12.4. The first kappa shape index (κ1) is 33.1. The highest BCUT2D eigenvalue weighted by atomic mass is 15.0. The van der Waals surface area contributed by atoms with Crippen LogP contribution in [0.15, 0.2) is 194 Å². The topological polar surface area (TPSA) is 4.93 Å². The van der Waals surface area contributed by atoms with Crippen LogP contribution in [0, 0.1) is 0 Å². The van der Waals surface area contributed by atoms with E-state index in [9.17, 15) is 0 Å². The van der Waals surface area contributed by atoms with Gasteiger partial charge in [-0.25, -0.2) is 0 Å². The van der Waals surface area contributed by atoms with E-state index in [1.54, 1.807) is 0 Å². The summed E-state index contributed by atoms with van der Waals surface area (Å²) in [5.41, 5.74) is 14.4. The normalized spacial score (nSPS) is 13.5. The molecule has 0 amide bonds. The SMILES string of the molecule is C1=Cc2ccc3c4c(cc5c3c3cc6c7ccccc7c7cc(-c8c9ccccc9c(-c9ccccc9)c9ccccc89)ccc7c6cc3n5-c3ccccc3)CC=C(C1)c24. The summed E-state index contributed by atoms with van der Waals surface area (Å²) >= 11 is 0. The highest BCUT2D eigenvalue weighted by Crippen LogP contribution is 2.49. The molecule has 1 nitrogen and oxygen atoms in total. The molecular weight excluding hydrogens is 735 g/mol. The van der Waals surface area contributed by atoms with Gasteiger partial charge in [0, 0.05) is 16.5 Å². The van der Waals surface area contributed by atoms with Gasteiger partial charge in [0.1, 0.15) is 0 Å². The van der Waals surface area contributed by atoms with Crippen LogP contribution in [-0.4, -0.2) is 4.57 Å². The van der Waals surface area contributed by atoms with E-state index in [2.05, 4.69) is 205 Å². The molecule has 2 aliphatic rings. The van der Waals surface area contributed by atoms with Crippen molar-refractivity contribution in [1.29, 1.82) is 0 Å². The Morgan fingerprint density at radius 3 is 1.62 bits per heavy atom. The van der Waals surface area contributed by atoms with E-state index in [4.69, 9.17) is 0 Å². The molecule has 61 heavy (non-hydrogen) atoms. The van der Waals surface area contributed by atoms with Crippen molar-refractivity contribution in [3.8, 4) is 27.9 Å². The van der Waals surface area contributed by atoms with Crippen molar-refractivity contribution in [2.24, 2.45) is 0 Å². The number of benzene rings is 11. The second-order valence-corrected chi connectivity index (χ2v) is 17.0. The summed E-state index contributed by atoms with van der Waals surface area (Å²) in [4.78, 5) is 0. The molecule has 12 aromatic rings. The van der Waals surface area contributed by atoms with E-state index < -0.39 is 0 Å². The highest BCUT2D eigenvalue weighted by Gasteiger charge is 2.25. The summed E-state index contributed by atoms with van der Waals surface area (Å²) < 4.78 is 2.53. The van der Waals surface area contributed by atoms with Crippen molar-refractivity contribution in [1.82, 2.24) is 4.57 Å². The molecule has 1 aromatic heterocycles. The molecule has 1 heterocycles. The van der Waals surface area contributed by atoms with Gasteiger partial charge in [-0.2, -0.15) is 0 Å². The molecule has 0 unspecified atom stereocenters. The molecule has 14 rings (SSSR count). The summed E-state index contributed by atoms with van der Waals surface area (Å²) in [5.74, 6) is 0. The first-order chi connectivity index (χ1) is 30.3. The first-order valence-electron chi connectivity index (χ1n) is 21.5. The van der Waals surface area contributed by atoms with Gasteiger partial charge in [0.2, 0.25) is 0 Å². The third kappa shape index (κ3) is 4.55. The van der Waals surface area contributed by atoms with Crippen LogP contribution >= 0.6 is 0 Å². The van der Waals surface area contributed by atoms with Gasteiger partial charge in [-0.15, -0.1) is 0 Å². The van der Waals surface area contributed by atoms with Crippen LogP contribution < -0.4 is 0 Å². The van der Waals surface area contributed by atoms with Crippen LogP contribution in [0.5, 0.6) is 0 Å². The van der Waals surface area contributed by atoms with Crippen LogP contribution in [-0.2, 0) is 6.42 Å². The molecule has 0 saturated carbocycles. The van der Waals surface area contributed by atoms with Crippen LogP contribution in [0.3, 0.4) is 0 Å². The molecule has 0 atom stereocenters. The number of hydrogen-bond acceptors (Lipinski definition) is 0. The van der Waals surface area contributed by atoms with Crippen LogP contribution in [0.4, 0.5) is 0 Å². The maximum atomic E-state index is 2.53. The average molecular weight is 772 g/mol. The smallest absolute Gasteiger partial charge is 0.0550 e. The molecule has 0 spiro atoms. The van der Waals surface area contributed by atoms with Gasteiger partial charge in [0.25, 0.3) is 0 Å². The van der Waals surface area contributed by atoms with Gasteiger partial charge in [0.15, 0.2) is 0 Å². The molecule has 282 valence electrons. The fourth-order valence-electron chi connectivity index (χ4n) is 11.4. The minimum atomic E-state index is 0.960. The minimum absolute atomic E-state index is 0.960. The number of fused-ring (bicyclic) bond motifs is 12. The predicted molar refractivity (Wildman–Crippen MR) is 262 cm³/mol. The lowest BCUT2D eigenvalue weighted by molar-refractivity contribution is 1.17. The van der Waals surface area contributed by atoms with Gasteiger partial charge in [-0.05, 0) is 158 Å². The maximum absolute atomic E-state index is 2.53. The first-order valence-corrected chi connectivity index (χ1v) is 21.5. The third-order valence-electron chi connectivity index (χ3n) is 13.9. The zero-order valence-corrected chi connectivity index (χ0v) is 33.4. The van der Waals surface area contributed by atoms with E-state index in [0.717, 1.165) is 12.8 Å². The second-order valence-electron chi connectivity index (χ2n) is 17.0. The number of hydrogen-bond donors (Lipinski definition) is 0. The quantitative estimate of drug-likeness (QED) is 0.125. The summed E-state index contributed by atoms with van der Waals surface area (Å²) in [7, 11) is 0. The molecule has 0 fully saturated rings. The molecule has 0 radical (unpaired) electrons. The van der Waals surface area contributed by atoms with Crippen molar-refractivity contribution in [2.75, 3.05) is 0 Å². The zero-order valence-electron chi connectivity index (χ0n) is 33.4. The van der Waals surface area contributed by atoms with Crippen molar-refractivity contribution in [3.63, 3.8) is 0 Å². The predicted octanol–water partition coefficient (Wildman–Crippen LogP) is 16.4. The van der Waals surface area contributed by atoms with E-state index in [1.165, 1.54) is 137 Å². The summed E-state index contributed by atoms with van der Waals surface area (Å²) in [6.07, 6.45) is 9.07. The zero-order chi connectivity index (χ0) is 39.8. The Balaban J connectivity index is 1.10. The van der Waals surface area contributed by atoms with Crippen molar-refractivity contribution in [3.05, 3.63) is 211 Å². The minimum Gasteiger partial charge on any atom is -0.309 e. The van der Waals surface area contributed by atoms with E-state index in [1.807, 2.05) is 0 Å². The molecule has 0 N–H and O–H groups in total. The molecule has 0 aliphatic heterocycles.